The van der Waals surface area contributed by atoms with Crippen molar-refractivity contribution in [2.75, 3.05) is 13.2 Å². The number of hydrogen-bond acceptors (Lipinski definition) is 3. The van der Waals surface area contributed by atoms with Gasteiger partial charge in [0.05, 0.1) is 0 Å². The highest BCUT2D eigenvalue weighted by molar-refractivity contribution is 6.59. The molecule has 0 unspecified atom stereocenters. The Hall–Kier alpha value is -0.823. The molecule has 0 saturated heterocycles. The highest BCUT2D eigenvalue weighted by atomic mass is 28.4. The van der Waals surface area contributed by atoms with Gasteiger partial charge in [-0.2, -0.15) is 0 Å². The van der Waals surface area contributed by atoms with E-state index < -0.39 is 20.4 Å². The number of halogens is 2. The minimum atomic E-state index is -2.99. The van der Waals surface area contributed by atoms with E-state index in [4.69, 9.17) is 8.85 Å². The van der Waals surface area contributed by atoms with Crippen molar-refractivity contribution in [2.45, 2.75) is 52.0 Å². The lowest BCUT2D eigenvalue weighted by atomic mass is 10.1. The third-order valence-electron chi connectivity index (χ3n) is 3.44. The van der Waals surface area contributed by atoms with Crippen LogP contribution in [0.25, 0.3) is 0 Å². The van der Waals surface area contributed by atoms with Crippen molar-refractivity contribution in [3.05, 3.63) is 35.4 Å². The number of unbranched alkanes of at least 4 members (excludes halogenated alkanes) is 3. The molecule has 0 spiro atoms. The summed E-state index contributed by atoms with van der Waals surface area (Å²) in [5, 5.41) is 0. The van der Waals surface area contributed by atoms with E-state index in [0.29, 0.717) is 31.2 Å². The second kappa shape index (κ2) is 10.0. The maximum absolute atomic E-state index is 13.5. The van der Waals surface area contributed by atoms with Gasteiger partial charge in [-0.1, -0.05) is 18.9 Å². The van der Waals surface area contributed by atoms with E-state index in [-0.39, 0.29) is 0 Å². The Labute approximate surface area is 132 Å². The van der Waals surface area contributed by atoms with Crippen LogP contribution in [-0.2, 0) is 15.3 Å². The minimum absolute atomic E-state index is 0.451. The van der Waals surface area contributed by atoms with E-state index in [2.05, 4.69) is 0 Å². The average Bonchev–Trinajstić information content (AvgIpc) is 2.45. The lowest BCUT2D eigenvalue weighted by Crippen LogP contribution is -2.42. The van der Waals surface area contributed by atoms with Crippen LogP contribution in [0.1, 0.15) is 45.1 Å². The average molecular weight is 332 g/mol. The SMILES string of the molecule is CCO[Si](O)(CCCCCCc1ccc(F)cc1F)OCC. The Morgan fingerprint density at radius 3 is 2.23 bits per heavy atom. The summed E-state index contributed by atoms with van der Waals surface area (Å²) in [5.74, 6) is -1.02. The fraction of sp³-hybridized carbons (Fsp3) is 0.625. The van der Waals surface area contributed by atoms with E-state index in [1.165, 1.54) is 12.1 Å². The molecule has 0 aliphatic rings. The van der Waals surface area contributed by atoms with Crippen LogP contribution >= 0.6 is 0 Å². The molecule has 0 atom stereocenters. The summed E-state index contributed by atoms with van der Waals surface area (Å²) in [6.07, 6.45) is 4.13. The molecule has 0 fully saturated rings. The summed E-state index contributed by atoms with van der Waals surface area (Å²) >= 11 is 0. The third kappa shape index (κ3) is 6.96. The van der Waals surface area contributed by atoms with Gasteiger partial charge in [0.1, 0.15) is 11.6 Å². The van der Waals surface area contributed by atoms with Gasteiger partial charge in [-0.3, -0.25) is 0 Å². The summed E-state index contributed by atoms with van der Waals surface area (Å²) in [4.78, 5) is 10.2. The second-order valence-electron chi connectivity index (χ2n) is 5.23. The first-order valence-corrected chi connectivity index (χ1v) is 9.92. The largest absolute Gasteiger partial charge is 0.498 e. The van der Waals surface area contributed by atoms with E-state index in [9.17, 15) is 13.6 Å². The lowest BCUT2D eigenvalue weighted by Gasteiger charge is -2.22. The zero-order chi connectivity index (χ0) is 16.4. The Morgan fingerprint density at radius 2 is 1.64 bits per heavy atom. The molecule has 3 nitrogen and oxygen atoms in total. The quantitative estimate of drug-likeness (QED) is 0.490. The number of hydrogen-bond donors (Lipinski definition) is 1. The molecule has 1 N–H and O–H groups in total. The standard InChI is InChI=1S/C16H26F2O3Si/c1-3-20-22(19,21-4-2)12-8-6-5-7-9-14-10-11-15(17)13-16(14)18/h10-11,13,19H,3-9,12H2,1-2H3. The predicted octanol–water partition coefficient (Wildman–Crippen LogP) is 4.07. The summed E-state index contributed by atoms with van der Waals surface area (Å²) in [5.41, 5.74) is 0.552. The highest BCUT2D eigenvalue weighted by Gasteiger charge is 2.35. The van der Waals surface area contributed by atoms with Gasteiger partial charge in [-0.15, -0.1) is 0 Å². The Bertz CT molecular complexity index is 437. The molecule has 0 radical (unpaired) electrons. The second-order valence-corrected chi connectivity index (χ2v) is 7.73. The number of benzene rings is 1. The summed E-state index contributed by atoms with van der Waals surface area (Å²) in [7, 11) is -2.99. The molecular formula is C16H26F2O3Si. The van der Waals surface area contributed by atoms with E-state index in [1.54, 1.807) is 0 Å². The molecule has 22 heavy (non-hydrogen) atoms. The van der Waals surface area contributed by atoms with E-state index in [0.717, 1.165) is 31.7 Å². The maximum atomic E-state index is 13.5. The molecule has 0 aromatic heterocycles. The van der Waals surface area contributed by atoms with Crippen molar-refractivity contribution in [3.63, 3.8) is 0 Å². The maximum Gasteiger partial charge on any atom is 0.498 e. The number of aryl methyl sites for hydroxylation is 1. The monoisotopic (exact) mass is 332 g/mol. The molecule has 6 heteroatoms. The highest BCUT2D eigenvalue weighted by Crippen LogP contribution is 2.17. The normalized spacial score (nSPS) is 11.9. The van der Waals surface area contributed by atoms with Gasteiger partial charge in [-0.05, 0) is 44.7 Å². The molecule has 0 bridgehead atoms. The molecule has 1 aromatic carbocycles. The van der Waals surface area contributed by atoms with Crippen molar-refractivity contribution in [3.8, 4) is 0 Å². The Kier molecular flexibility index (Phi) is 8.78. The first kappa shape index (κ1) is 19.2. The van der Waals surface area contributed by atoms with Crippen LogP contribution < -0.4 is 0 Å². The van der Waals surface area contributed by atoms with Gasteiger partial charge in [0.15, 0.2) is 0 Å². The first-order valence-electron chi connectivity index (χ1n) is 7.95. The minimum Gasteiger partial charge on any atom is -0.390 e. The summed E-state index contributed by atoms with van der Waals surface area (Å²) < 4.78 is 37.0. The lowest BCUT2D eigenvalue weighted by molar-refractivity contribution is 0.107. The molecule has 0 amide bonds. The van der Waals surface area contributed by atoms with Crippen LogP contribution in [0.3, 0.4) is 0 Å². The van der Waals surface area contributed by atoms with Crippen molar-refractivity contribution >= 4 is 8.80 Å². The van der Waals surface area contributed by atoms with Crippen molar-refractivity contribution in [2.24, 2.45) is 0 Å². The van der Waals surface area contributed by atoms with E-state index in [1.807, 2.05) is 13.8 Å². The zero-order valence-corrected chi connectivity index (χ0v) is 14.4. The Morgan fingerprint density at radius 1 is 1.00 bits per heavy atom. The van der Waals surface area contributed by atoms with E-state index >= 15 is 0 Å². The smallest absolute Gasteiger partial charge is 0.390 e. The third-order valence-corrected chi connectivity index (χ3v) is 5.91. The van der Waals surface area contributed by atoms with Crippen LogP contribution in [0.15, 0.2) is 18.2 Å². The predicted molar refractivity (Wildman–Crippen MR) is 84.6 cm³/mol. The summed E-state index contributed by atoms with van der Waals surface area (Å²) in [6, 6.07) is 4.26. The van der Waals surface area contributed by atoms with Gasteiger partial charge < -0.3 is 13.6 Å². The van der Waals surface area contributed by atoms with Gasteiger partial charge in [-0.25, -0.2) is 8.78 Å². The fourth-order valence-electron chi connectivity index (χ4n) is 2.38. The summed E-state index contributed by atoms with van der Waals surface area (Å²) in [6.45, 7) is 4.58. The molecule has 1 rings (SSSR count). The fourth-order valence-corrected chi connectivity index (χ4v) is 4.35. The van der Waals surface area contributed by atoms with Crippen molar-refractivity contribution in [1.29, 1.82) is 0 Å². The molecule has 1 aromatic rings. The first-order chi connectivity index (χ1) is 10.5. The van der Waals surface area contributed by atoms with Crippen molar-refractivity contribution in [1.82, 2.24) is 0 Å². The van der Waals surface area contributed by atoms with Crippen molar-refractivity contribution < 1.29 is 22.4 Å². The van der Waals surface area contributed by atoms with Crippen LogP contribution in [0.2, 0.25) is 6.04 Å². The Balaban J connectivity index is 2.22. The molecule has 0 saturated carbocycles. The van der Waals surface area contributed by atoms with Gasteiger partial charge >= 0.3 is 8.80 Å². The van der Waals surface area contributed by atoms with Gasteiger partial charge in [0.25, 0.3) is 0 Å². The molecule has 0 aliphatic carbocycles. The van der Waals surface area contributed by atoms with Crippen LogP contribution in [0.5, 0.6) is 0 Å². The van der Waals surface area contributed by atoms with Gasteiger partial charge in [0.2, 0.25) is 0 Å². The van der Waals surface area contributed by atoms with Crippen LogP contribution in [0.4, 0.5) is 8.78 Å². The molecule has 126 valence electrons. The van der Waals surface area contributed by atoms with Crippen LogP contribution in [0, 0.1) is 11.6 Å². The molecule has 0 heterocycles. The van der Waals surface area contributed by atoms with Gasteiger partial charge in [0, 0.05) is 25.3 Å². The topological polar surface area (TPSA) is 38.7 Å². The zero-order valence-electron chi connectivity index (χ0n) is 13.4. The molecular weight excluding hydrogens is 306 g/mol. The number of rotatable bonds is 11. The molecule has 0 aliphatic heterocycles. The van der Waals surface area contributed by atoms with Crippen LogP contribution in [-0.4, -0.2) is 26.8 Å².